The summed E-state index contributed by atoms with van der Waals surface area (Å²) >= 11 is 0. The lowest BCUT2D eigenvalue weighted by atomic mass is 9.43. The number of amides is 1. The van der Waals surface area contributed by atoms with Crippen LogP contribution in [0, 0.1) is 16.7 Å². The van der Waals surface area contributed by atoms with E-state index in [2.05, 4.69) is 24.1 Å². The van der Waals surface area contributed by atoms with Crippen LogP contribution >= 0.6 is 0 Å². The second-order valence-electron chi connectivity index (χ2n) is 9.01. The molecule has 0 spiro atoms. The minimum atomic E-state index is -5.17. The van der Waals surface area contributed by atoms with E-state index in [1.165, 1.54) is 25.7 Å². The number of rotatable bonds is 2. The Bertz CT molecular complexity index is 769. The SMILES string of the molecule is CC12CC3CC(C)(C1)CC(NC(=O)c1cccnc1)(C3)C2.O=S(=O)([O-])[O-]. The number of hydrogen-bond donors (Lipinski definition) is 1. The van der Waals surface area contributed by atoms with Gasteiger partial charge >= 0.3 is 0 Å². The molecule has 26 heavy (non-hydrogen) atoms. The van der Waals surface area contributed by atoms with Gasteiger partial charge in [0.1, 0.15) is 0 Å². The van der Waals surface area contributed by atoms with Crippen molar-refractivity contribution in [2.24, 2.45) is 16.7 Å². The molecular formula is C18H24N2O5S-2. The summed E-state index contributed by atoms with van der Waals surface area (Å²) in [4.78, 5) is 16.7. The van der Waals surface area contributed by atoms with Gasteiger partial charge in [0.05, 0.1) is 5.56 Å². The zero-order valence-electron chi connectivity index (χ0n) is 15.0. The van der Waals surface area contributed by atoms with Crippen molar-refractivity contribution in [3.05, 3.63) is 30.1 Å². The number of carbonyl (C=O) groups excluding carboxylic acids is 1. The van der Waals surface area contributed by atoms with Crippen molar-refractivity contribution in [2.45, 2.75) is 57.9 Å². The zero-order valence-corrected chi connectivity index (χ0v) is 15.8. The number of carbonyl (C=O) groups is 1. The summed E-state index contributed by atoms with van der Waals surface area (Å²) in [7, 11) is -5.17. The van der Waals surface area contributed by atoms with E-state index in [0.29, 0.717) is 16.4 Å². The topological polar surface area (TPSA) is 122 Å². The van der Waals surface area contributed by atoms with E-state index < -0.39 is 10.4 Å². The first-order valence-corrected chi connectivity index (χ1v) is 10.1. The summed E-state index contributed by atoms with van der Waals surface area (Å²) in [6.07, 6.45) is 10.9. The quantitative estimate of drug-likeness (QED) is 0.620. The molecular weight excluding hydrogens is 356 g/mol. The van der Waals surface area contributed by atoms with Gasteiger partial charge in [0, 0.05) is 28.3 Å². The summed E-state index contributed by atoms with van der Waals surface area (Å²) in [5.41, 5.74) is 1.56. The lowest BCUT2D eigenvalue weighted by Gasteiger charge is -2.65. The van der Waals surface area contributed by atoms with Crippen LogP contribution in [0.3, 0.4) is 0 Å². The van der Waals surface area contributed by atoms with Crippen LogP contribution in [0.1, 0.15) is 62.7 Å². The van der Waals surface area contributed by atoms with Crippen LogP contribution in [0.4, 0.5) is 0 Å². The lowest BCUT2D eigenvalue weighted by Crippen LogP contribution is -2.65. The molecule has 4 aliphatic rings. The van der Waals surface area contributed by atoms with Crippen molar-refractivity contribution in [3.8, 4) is 0 Å². The van der Waals surface area contributed by atoms with Crippen LogP contribution in [0.15, 0.2) is 24.5 Å². The molecule has 0 radical (unpaired) electrons. The first-order chi connectivity index (χ1) is 11.9. The van der Waals surface area contributed by atoms with Crippen molar-refractivity contribution >= 4 is 16.3 Å². The molecule has 1 N–H and O–H groups in total. The fourth-order valence-electron chi connectivity index (χ4n) is 6.40. The van der Waals surface area contributed by atoms with E-state index in [1.54, 1.807) is 12.4 Å². The van der Waals surface area contributed by atoms with Gasteiger partial charge in [-0.3, -0.25) is 18.2 Å². The highest BCUT2D eigenvalue weighted by Gasteiger charge is 2.60. The maximum Gasteiger partial charge on any atom is 0.253 e. The molecule has 0 saturated heterocycles. The highest BCUT2D eigenvalue weighted by molar-refractivity contribution is 7.79. The standard InChI is InChI=1S/C18H24N2O.H2O4S/c1-16-6-13-7-17(2,10-16)12-18(8-13,11-16)20-15(21)14-4-3-5-19-9-14;1-5(2,3)4/h3-5,9,13H,6-8,10-12H2,1-2H3,(H,20,21);(H2,1,2,3,4)/p-2. The van der Waals surface area contributed by atoms with Crippen LogP contribution in [-0.4, -0.2) is 34.0 Å². The Balaban J connectivity index is 0.000000349. The van der Waals surface area contributed by atoms with E-state index in [4.69, 9.17) is 17.5 Å². The number of hydrogen-bond acceptors (Lipinski definition) is 6. The van der Waals surface area contributed by atoms with Gasteiger partial charge in [0.25, 0.3) is 5.91 Å². The average Bonchev–Trinajstić information content (AvgIpc) is 2.41. The van der Waals surface area contributed by atoms with Gasteiger partial charge in [0.15, 0.2) is 0 Å². The Kier molecular flexibility index (Phi) is 4.65. The molecule has 1 aromatic heterocycles. The monoisotopic (exact) mass is 380 g/mol. The van der Waals surface area contributed by atoms with Crippen LogP contribution in [0.2, 0.25) is 0 Å². The molecule has 8 heteroatoms. The van der Waals surface area contributed by atoms with Crippen molar-refractivity contribution < 1.29 is 22.3 Å². The Morgan fingerprint density at radius 3 is 2.19 bits per heavy atom. The Hall–Kier alpha value is -1.51. The molecule has 4 saturated carbocycles. The molecule has 0 aliphatic heterocycles. The maximum absolute atomic E-state index is 12.6. The van der Waals surface area contributed by atoms with E-state index in [-0.39, 0.29) is 11.4 Å². The predicted octanol–water partition coefficient (Wildman–Crippen LogP) is 2.22. The van der Waals surface area contributed by atoms with Gasteiger partial charge in [-0.15, -0.1) is 0 Å². The average molecular weight is 380 g/mol. The van der Waals surface area contributed by atoms with E-state index in [0.717, 1.165) is 18.8 Å². The molecule has 4 fully saturated rings. The third kappa shape index (κ3) is 4.42. The van der Waals surface area contributed by atoms with Gasteiger partial charge in [0.2, 0.25) is 0 Å². The van der Waals surface area contributed by atoms with Gasteiger partial charge in [-0.05, 0) is 67.4 Å². The molecule has 5 rings (SSSR count). The molecule has 144 valence electrons. The summed E-state index contributed by atoms with van der Waals surface area (Å²) in [5, 5.41) is 3.41. The Morgan fingerprint density at radius 2 is 1.73 bits per heavy atom. The molecule has 2 atom stereocenters. The first kappa shape index (κ1) is 19.3. The van der Waals surface area contributed by atoms with Crippen LogP contribution in [0.25, 0.3) is 0 Å². The molecule has 2 unspecified atom stereocenters. The van der Waals surface area contributed by atoms with E-state index in [1.807, 2.05) is 12.1 Å². The highest BCUT2D eigenvalue weighted by atomic mass is 32.3. The lowest BCUT2D eigenvalue weighted by molar-refractivity contribution is -0.114. The van der Waals surface area contributed by atoms with Crippen molar-refractivity contribution in [1.29, 1.82) is 0 Å². The van der Waals surface area contributed by atoms with Crippen LogP contribution in [-0.2, 0) is 10.4 Å². The maximum atomic E-state index is 12.6. The minimum Gasteiger partial charge on any atom is -0.759 e. The van der Waals surface area contributed by atoms with Gasteiger partial charge in [-0.2, -0.15) is 0 Å². The molecule has 1 amide bonds. The van der Waals surface area contributed by atoms with Gasteiger partial charge in [-0.1, -0.05) is 13.8 Å². The molecule has 1 heterocycles. The molecule has 0 aromatic carbocycles. The van der Waals surface area contributed by atoms with Crippen molar-refractivity contribution in [1.82, 2.24) is 10.3 Å². The van der Waals surface area contributed by atoms with E-state index >= 15 is 0 Å². The zero-order chi connectivity index (χ0) is 19.2. The fraction of sp³-hybridized carbons (Fsp3) is 0.667. The van der Waals surface area contributed by atoms with Gasteiger partial charge < -0.3 is 14.4 Å². The number of pyridine rings is 1. The molecule has 7 nitrogen and oxygen atoms in total. The van der Waals surface area contributed by atoms with Crippen LogP contribution in [0.5, 0.6) is 0 Å². The summed E-state index contributed by atoms with van der Waals surface area (Å²) < 4.78 is 34.1. The smallest absolute Gasteiger partial charge is 0.253 e. The Labute approximate surface area is 154 Å². The fourth-order valence-corrected chi connectivity index (χ4v) is 6.40. The largest absolute Gasteiger partial charge is 0.759 e. The third-order valence-corrected chi connectivity index (χ3v) is 5.93. The van der Waals surface area contributed by atoms with Crippen molar-refractivity contribution in [2.75, 3.05) is 0 Å². The van der Waals surface area contributed by atoms with Crippen LogP contribution < -0.4 is 5.32 Å². The number of aromatic nitrogens is 1. The number of nitrogens with one attached hydrogen (secondary N) is 1. The summed E-state index contributed by atoms with van der Waals surface area (Å²) in [5.74, 6) is 0.850. The second-order valence-corrected chi connectivity index (χ2v) is 9.83. The Morgan fingerprint density at radius 1 is 1.15 bits per heavy atom. The normalized spacial score (nSPS) is 37.6. The molecule has 1 aromatic rings. The molecule has 4 bridgehead atoms. The first-order valence-electron chi connectivity index (χ1n) is 8.79. The van der Waals surface area contributed by atoms with Crippen molar-refractivity contribution in [3.63, 3.8) is 0 Å². The van der Waals surface area contributed by atoms with E-state index in [9.17, 15) is 4.79 Å². The predicted molar refractivity (Wildman–Crippen MR) is 92.3 cm³/mol. The van der Waals surface area contributed by atoms with Gasteiger partial charge in [-0.25, -0.2) is 0 Å². The summed E-state index contributed by atoms with van der Waals surface area (Å²) in [6, 6.07) is 3.68. The highest BCUT2D eigenvalue weighted by Crippen LogP contribution is 2.66. The third-order valence-electron chi connectivity index (χ3n) is 5.93. The second kappa shape index (κ2) is 6.28. The number of nitrogens with zero attached hydrogens (tertiary/aromatic N) is 1. The summed E-state index contributed by atoms with van der Waals surface area (Å²) in [6.45, 7) is 4.86. The molecule has 4 aliphatic carbocycles. The minimum absolute atomic E-state index is 0.0237.